The highest BCUT2D eigenvalue weighted by atomic mass is 16.6. The number of anilines is 1. The van der Waals surface area contributed by atoms with Crippen molar-refractivity contribution in [3.05, 3.63) is 18.1 Å². The molecule has 0 saturated carbocycles. The van der Waals surface area contributed by atoms with Crippen LogP contribution in [0.4, 0.5) is 10.6 Å². The minimum absolute atomic E-state index is 0.388. The summed E-state index contributed by atoms with van der Waals surface area (Å²) in [5, 5.41) is 10.3. The molecule has 0 spiro atoms. The third kappa shape index (κ3) is 4.80. The molecular weight excluding hydrogens is 296 g/mol. The molecule has 0 atom stereocenters. The molecule has 0 fully saturated rings. The van der Waals surface area contributed by atoms with Gasteiger partial charge in [0.25, 0.3) is 5.78 Å². The second-order valence-corrected chi connectivity index (χ2v) is 7.12. The van der Waals surface area contributed by atoms with E-state index in [4.69, 9.17) is 4.74 Å². The van der Waals surface area contributed by atoms with Gasteiger partial charge in [0.05, 0.1) is 5.54 Å². The van der Waals surface area contributed by atoms with Crippen molar-refractivity contribution in [2.45, 2.75) is 52.7 Å². The molecule has 23 heavy (non-hydrogen) atoms. The molecule has 8 nitrogen and oxygen atoms in total. The third-order valence-corrected chi connectivity index (χ3v) is 2.92. The predicted molar refractivity (Wildman–Crippen MR) is 87.5 cm³/mol. The highest BCUT2D eigenvalue weighted by Crippen LogP contribution is 2.16. The van der Waals surface area contributed by atoms with E-state index in [9.17, 15) is 4.79 Å². The first-order chi connectivity index (χ1) is 10.6. The van der Waals surface area contributed by atoms with Crippen molar-refractivity contribution in [3.63, 3.8) is 0 Å². The van der Waals surface area contributed by atoms with Gasteiger partial charge in [0, 0.05) is 18.3 Å². The Labute approximate surface area is 135 Å². The van der Waals surface area contributed by atoms with Crippen molar-refractivity contribution >= 4 is 17.7 Å². The van der Waals surface area contributed by atoms with Crippen molar-refractivity contribution in [1.82, 2.24) is 24.9 Å². The number of nitrogens with zero attached hydrogens (tertiary/aromatic N) is 4. The zero-order chi connectivity index (χ0) is 17.3. The van der Waals surface area contributed by atoms with E-state index >= 15 is 0 Å². The van der Waals surface area contributed by atoms with E-state index in [1.165, 1.54) is 6.33 Å². The number of carbonyl (C=O) groups is 1. The average Bonchev–Trinajstić information content (AvgIpc) is 2.82. The van der Waals surface area contributed by atoms with E-state index in [2.05, 4.69) is 25.7 Å². The van der Waals surface area contributed by atoms with Gasteiger partial charge in [0.15, 0.2) is 0 Å². The fourth-order valence-corrected chi connectivity index (χ4v) is 2.02. The number of fused-ring (bicyclic) bond motifs is 1. The molecule has 0 aromatic carbocycles. The highest BCUT2D eigenvalue weighted by molar-refractivity contribution is 5.67. The second-order valence-electron chi connectivity index (χ2n) is 7.12. The molecule has 2 aromatic rings. The largest absolute Gasteiger partial charge is 0.444 e. The Morgan fingerprint density at radius 2 is 2.00 bits per heavy atom. The van der Waals surface area contributed by atoms with Crippen LogP contribution in [0.5, 0.6) is 0 Å². The van der Waals surface area contributed by atoms with E-state index < -0.39 is 17.2 Å². The summed E-state index contributed by atoms with van der Waals surface area (Å²) < 4.78 is 6.87. The van der Waals surface area contributed by atoms with Gasteiger partial charge < -0.3 is 15.4 Å². The van der Waals surface area contributed by atoms with Crippen molar-refractivity contribution in [2.75, 3.05) is 11.9 Å². The van der Waals surface area contributed by atoms with Gasteiger partial charge >= 0.3 is 6.09 Å². The number of rotatable bonds is 4. The Morgan fingerprint density at radius 1 is 1.30 bits per heavy atom. The first-order valence-electron chi connectivity index (χ1n) is 7.48. The average molecular weight is 320 g/mol. The Bertz CT molecular complexity index is 702. The van der Waals surface area contributed by atoms with Crippen LogP contribution in [0.15, 0.2) is 12.4 Å². The van der Waals surface area contributed by atoms with Crippen LogP contribution < -0.4 is 10.6 Å². The Kier molecular flexibility index (Phi) is 4.44. The molecule has 0 aliphatic heterocycles. The lowest BCUT2D eigenvalue weighted by Gasteiger charge is -2.28. The van der Waals surface area contributed by atoms with Crippen molar-refractivity contribution in [3.8, 4) is 0 Å². The number of carbonyl (C=O) groups excluding carboxylic acids is 1. The van der Waals surface area contributed by atoms with Crippen LogP contribution in [0.1, 0.15) is 40.3 Å². The van der Waals surface area contributed by atoms with E-state index in [1.54, 1.807) is 4.52 Å². The molecule has 2 heterocycles. The molecule has 2 rings (SSSR count). The summed E-state index contributed by atoms with van der Waals surface area (Å²) >= 11 is 0. The fraction of sp³-hybridized carbons (Fsp3) is 0.600. The van der Waals surface area contributed by atoms with Gasteiger partial charge in [-0.05, 0) is 41.5 Å². The molecule has 0 radical (unpaired) electrons. The maximum absolute atomic E-state index is 11.8. The van der Waals surface area contributed by atoms with Gasteiger partial charge in [0.1, 0.15) is 17.7 Å². The van der Waals surface area contributed by atoms with Crippen LogP contribution in [0.2, 0.25) is 0 Å². The molecule has 0 aliphatic rings. The summed E-state index contributed by atoms with van der Waals surface area (Å²) in [6.07, 6.45) is 1.02. The summed E-state index contributed by atoms with van der Waals surface area (Å²) in [4.78, 5) is 20.2. The summed E-state index contributed by atoms with van der Waals surface area (Å²) in [6.45, 7) is 11.7. The number of aromatic nitrogens is 4. The molecule has 0 aliphatic carbocycles. The van der Waals surface area contributed by atoms with E-state index in [-0.39, 0.29) is 0 Å². The monoisotopic (exact) mass is 320 g/mol. The Hall–Kier alpha value is -2.38. The topological polar surface area (TPSA) is 93.4 Å². The molecule has 0 unspecified atom stereocenters. The number of aryl methyl sites for hydroxylation is 1. The number of hydrogen-bond donors (Lipinski definition) is 2. The lowest BCUT2D eigenvalue weighted by atomic mass is 10.1. The quantitative estimate of drug-likeness (QED) is 0.896. The molecule has 8 heteroatoms. The van der Waals surface area contributed by atoms with Gasteiger partial charge in [0.2, 0.25) is 0 Å². The second kappa shape index (κ2) is 6.02. The normalized spacial score (nSPS) is 12.3. The van der Waals surface area contributed by atoms with Crippen LogP contribution in [0.3, 0.4) is 0 Å². The standard InChI is InChI=1S/C15H24N6O2/c1-10-7-11(21-12(19-10)17-9-18-21)20-15(5,6)8-16-13(22)23-14(2,3)4/h7,9,20H,8H2,1-6H3,(H,16,22). The first-order valence-corrected chi connectivity index (χ1v) is 7.48. The zero-order valence-electron chi connectivity index (χ0n) is 14.5. The maximum atomic E-state index is 11.8. The van der Waals surface area contributed by atoms with E-state index in [0.717, 1.165) is 11.5 Å². The van der Waals surface area contributed by atoms with Crippen LogP contribution >= 0.6 is 0 Å². The highest BCUT2D eigenvalue weighted by Gasteiger charge is 2.23. The Morgan fingerprint density at radius 3 is 2.65 bits per heavy atom. The van der Waals surface area contributed by atoms with Crippen molar-refractivity contribution in [2.24, 2.45) is 0 Å². The van der Waals surface area contributed by atoms with Gasteiger partial charge in [-0.15, -0.1) is 0 Å². The number of alkyl carbamates (subject to hydrolysis) is 1. The minimum Gasteiger partial charge on any atom is -0.444 e. The van der Waals surface area contributed by atoms with Crippen molar-refractivity contribution < 1.29 is 9.53 Å². The van der Waals surface area contributed by atoms with Crippen LogP contribution in [-0.4, -0.2) is 43.4 Å². The maximum Gasteiger partial charge on any atom is 0.407 e. The molecule has 1 amide bonds. The van der Waals surface area contributed by atoms with Gasteiger partial charge in [-0.3, -0.25) is 0 Å². The van der Waals surface area contributed by atoms with E-state index in [0.29, 0.717) is 12.3 Å². The molecular formula is C15H24N6O2. The van der Waals surface area contributed by atoms with Gasteiger partial charge in [-0.2, -0.15) is 14.6 Å². The fourth-order valence-electron chi connectivity index (χ4n) is 2.02. The third-order valence-electron chi connectivity index (χ3n) is 2.92. The lowest BCUT2D eigenvalue weighted by Crippen LogP contribution is -2.45. The molecule has 2 aromatic heterocycles. The van der Waals surface area contributed by atoms with Crippen LogP contribution in [0, 0.1) is 6.92 Å². The number of ether oxygens (including phenoxy) is 1. The molecule has 0 saturated heterocycles. The van der Waals surface area contributed by atoms with Crippen LogP contribution in [-0.2, 0) is 4.74 Å². The van der Waals surface area contributed by atoms with E-state index in [1.807, 2.05) is 47.6 Å². The minimum atomic E-state index is -0.517. The smallest absolute Gasteiger partial charge is 0.407 e. The number of hydrogen-bond acceptors (Lipinski definition) is 6. The summed E-state index contributed by atoms with van der Waals surface area (Å²) in [5.74, 6) is 1.30. The van der Waals surface area contributed by atoms with Gasteiger partial charge in [-0.25, -0.2) is 9.78 Å². The van der Waals surface area contributed by atoms with Crippen molar-refractivity contribution in [1.29, 1.82) is 0 Å². The zero-order valence-corrected chi connectivity index (χ0v) is 14.5. The predicted octanol–water partition coefficient (Wildman–Crippen LogP) is 2.15. The summed E-state index contributed by atoms with van der Waals surface area (Å²) in [5.41, 5.74) is -0.0933. The van der Waals surface area contributed by atoms with Crippen LogP contribution in [0.25, 0.3) is 5.78 Å². The molecule has 2 N–H and O–H groups in total. The summed E-state index contributed by atoms with van der Waals surface area (Å²) in [7, 11) is 0. The summed E-state index contributed by atoms with van der Waals surface area (Å²) in [6, 6.07) is 1.89. The van der Waals surface area contributed by atoms with Gasteiger partial charge in [-0.1, -0.05) is 0 Å². The number of nitrogens with one attached hydrogen (secondary N) is 2. The SMILES string of the molecule is Cc1cc(NC(C)(C)CNC(=O)OC(C)(C)C)n2ncnc2n1. The number of amides is 1. The lowest BCUT2D eigenvalue weighted by molar-refractivity contribution is 0.0520. The molecule has 126 valence electrons. The molecule has 0 bridgehead atoms. The first kappa shape index (κ1) is 17.0. The Balaban J connectivity index is 2.05.